The van der Waals surface area contributed by atoms with E-state index < -0.39 is 5.97 Å². The number of carboxylic acid groups (broad SMARTS) is 1. The summed E-state index contributed by atoms with van der Waals surface area (Å²) in [6.07, 6.45) is 1.12. The van der Waals surface area contributed by atoms with Crippen molar-refractivity contribution in [1.29, 1.82) is 0 Å². The van der Waals surface area contributed by atoms with Crippen LogP contribution in [0.3, 0.4) is 0 Å². The standard InChI is InChI=1S/C14H11FO2S/c1-9(7-14(16)17)10-4-5-12(15)11(8-10)13-3-2-6-18-13/h2-8H,1H3,(H,16,17)/b9-7+. The third kappa shape index (κ3) is 2.65. The number of allylic oxidation sites excluding steroid dienone is 1. The van der Waals surface area contributed by atoms with Crippen molar-refractivity contribution >= 4 is 22.9 Å². The van der Waals surface area contributed by atoms with Crippen molar-refractivity contribution in [3.8, 4) is 10.4 Å². The first kappa shape index (κ1) is 12.5. The molecule has 0 bridgehead atoms. The average Bonchev–Trinajstić information content (AvgIpc) is 2.82. The molecule has 0 aliphatic rings. The van der Waals surface area contributed by atoms with Crippen molar-refractivity contribution in [2.24, 2.45) is 0 Å². The predicted molar refractivity (Wildman–Crippen MR) is 71.0 cm³/mol. The van der Waals surface area contributed by atoms with Crippen molar-refractivity contribution in [3.63, 3.8) is 0 Å². The van der Waals surface area contributed by atoms with Gasteiger partial charge in [-0.15, -0.1) is 11.3 Å². The first-order valence-corrected chi connectivity index (χ1v) is 6.21. The van der Waals surface area contributed by atoms with Gasteiger partial charge in [-0.3, -0.25) is 0 Å². The lowest BCUT2D eigenvalue weighted by Gasteiger charge is -2.05. The maximum absolute atomic E-state index is 13.7. The number of thiophene rings is 1. The lowest BCUT2D eigenvalue weighted by Crippen LogP contribution is -1.91. The Morgan fingerprint density at radius 3 is 2.78 bits per heavy atom. The van der Waals surface area contributed by atoms with Gasteiger partial charge in [-0.2, -0.15) is 0 Å². The topological polar surface area (TPSA) is 37.3 Å². The molecule has 0 unspecified atom stereocenters. The second kappa shape index (κ2) is 5.14. The number of hydrogen-bond donors (Lipinski definition) is 1. The first-order valence-electron chi connectivity index (χ1n) is 5.33. The minimum Gasteiger partial charge on any atom is -0.478 e. The highest BCUT2D eigenvalue weighted by molar-refractivity contribution is 7.13. The van der Waals surface area contributed by atoms with Gasteiger partial charge in [0.05, 0.1) is 0 Å². The number of rotatable bonds is 3. The Morgan fingerprint density at radius 2 is 2.17 bits per heavy atom. The first-order chi connectivity index (χ1) is 8.58. The molecule has 0 amide bonds. The van der Waals surface area contributed by atoms with Crippen LogP contribution in [0.4, 0.5) is 4.39 Å². The van der Waals surface area contributed by atoms with Crippen molar-refractivity contribution in [3.05, 3.63) is 53.2 Å². The summed E-state index contributed by atoms with van der Waals surface area (Å²) in [5.41, 5.74) is 1.81. The molecule has 18 heavy (non-hydrogen) atoms. The Bertz CT molecular complexity index is 600. The van der Waals surface area contributed by atoms with E-state index in [2.05, 4.69) is 0 Å². The van der Waals surface area contributed by atoms with Crippen LogP contribution in [0, 0.1) is 5.82 Å². The molecular weight excluding hydrogens is 251 g/mol. The monoisotopic (exact) mass is 262 g/mol. The van der Waals surface area contributed by atoms with Crippen LogP contribution in [-0.2, 0) is 4.79 Å². The van der Waals surface area contributed by atoms with Gasteiger partial charge in [0.15, 0.2) is 0 Å². The number of carboxylic acids is 1. The maximum atomic E-state index is 13.7. The molecule has 4 heteroatoms. The Kier molecular flexibility index (Phi) is 3.58. The van der Waals surface area contributed by atoms with E-state index in [1.165, 1.54) is 17.4 Å². The van der Waals surface area contributed by atoms with E-state index in [1.807, 2.05) is 17.5 Å². The molecule has 0 aliphatic carbocycles. The van der Waals surface area contributed by atoms with E-state index in [0.29, 0.717) is 16.7 Å². The predicted octanol–water partition coefficient (Wildman–Crippen LogP) is 4.04. The van der Waals surface area contributed by atoms with Gasteiger partial charge in [0.2, 0.25) is 0 Å². The third-order valence-electron chi connectivity index (χ3n) is 2.55. The fraction of sp³-hybridized carbons (Fsp3) is 0.0714. The SMILES string of the molecule is C/C(=C\C(=O)O)c1ccc(F)c(-c2cccs2)c1. The fourth-order valence-electron chi connectivity index (χ4n) is 1.66. The Balaban J connectivity index is 2.48. The van der Waals surface area contributed by atoms with Gasteiger partial charge in [-0.25, -0.2) is 9.18 Å². The Morgan fingerprint density at radius 1 is 1.39 bits per heavy atom. The molecule has 92 valence electrons. The van der Waals surface area contributed by atoms with Crippen molar-refractivity contribution in [2.45, 2.75) is 6.92 Å². The molecule has 2 rings (SSSR count). The molecule has 2 nitrogen and oxygen atoms in total. The van der Waals surface area contributed by atoms with Gasteiger partial charge in [0, 0.05) is 16.5 Å². The molecule has 2 aromatic rings. The summed E-state index contributed by atoms with van der Waals surface area (Å²) in [6.45, 7) is 1.69. The van der Waals surface area contributed by atoms with Gasteiger partial charge >= 0.3 is 5.97 Å². The molecule has 1 aromatic carbocycles. The second-order valence-electron chi connectivity index (χ2n) is 3.84. The van der Waals surface area contributed by atoms with Gasteiger partial charge in [-0.05, 0) is 41.6 Å². The normalized spacial score (nSPS) is 11.6. The highest BCUT2D eigenvalue weighted by Crippen LogP contribution is 2.29. The van der Waals surface area contributed by atoms with Gasteiger partial charge in [0.25, 0.3) is 0 Å². The van der Waals surface area contributed by atoms with Crippen LogP contribution < -0.4 is 0 Å². The molecule has 0 radical (unpaired) electrons. The molecule has 1 heterocycles. The number of carbonyl (C=O) groups is 1. The lowest BCUT2D eigenvalue weighted by molar-refractivity contribution is -0.131. The second-order valence-corrected chi connectivity index (χ2v) is 4.79. The molecule has 0 aliphatic heterocycles. The van der Waals surface area contributed by atoms with Crippen molar-refractivity contribution < 1.29 is 14.3 Å². The van der Waals surface area contributed by atoms with Crippen LogP contribution in [0.1, 0.15) is 12.5 Å². The zero-order valence-electron chi connectivity index (χ0n) is 9.68. The molecule has 1 N–H and O–H groups in total. The van der Waals surface area contributed by atoms with Crippen molar-refractivity contribution in [2.75, 3.05) is 0 Å². The summed E-state index contributed by atoms with van der Waals surface area (Å²) in [5, 5.41) is 10.6. The summed E-state index contributed by atoms with van der Waals surface area (Å²) >= 11 is 1.45. The van der Waals surface area contributed by atoms with Crippen LogP contribution in [0.15, 0.2) is 41.8 Å². The Labute approximate surface area is 108 Å². The maximum Gasteiger partial charge on any atom is 0.328 e. The molecule has 0 saturated carbocycles. The molecule has 0 saturated heterocycles. The molecule has 0 atom stereocenters. The largest absolute Gasteiger partial charge is 0.478 e. The zero-order chi connectivity index (χ0) is 13.1. The van der Waals surface area contributed by atoms with Gasteiger partial charge in [-0.1, -0.05) is 12.1 Å². The van der Waals surface area contributed by atoms with Crippen LogP contribution >= 0.6 is 11.3 Å². The van der Waals surface area contributed by atoms with E-state index in [4.69, 9.17) is 5.11 Å². The smallest absolute Gasteiger partial charge is 0.328 e. The lowest BCUT2D eigenvalue weighted by atomic mass is 10.0. The van der Waals surface area contributed by atoms with Crippen LogP contribution in [0.25, 0.3) is 16.0 Å². The summed E-state index contributed by atoms with van der Waals surface area (Å²) < 4.78 is 13.7. The van der Waals surface area contributed by atoms with Gasteiger partial charge < -0.3 is 5.11 Å². The van der Waals surface area contributed by atoms with E-state index in [1.54, 1.807) is 19.1 Å². The number of hydrogen-bond acceptors (Lipinski definition) is 2. The minimum absolute atomic E-state index is 0.302. The molecule has 0 fully saturated rings. The van der Waals surface area contributed by atoms with Crippen LogP contribution in [0.2, 0.25) is 0 Å². The highest BCUT2D eigenvalue weighted by Gasteiger charge is 2.08. The zero-order valence-corrected chi connectivity index (χ0v) is 10.5. The number of benzene rings is 1. The number of aliphatic carboxylic acids is 1. The number of halogens is 1. The summed E-state index contributed by atoms with van der Waals surface area (Å²) in [5.74, 6) is -1.31. The molecule has 0 spiro atoms. The van der Waals surface area contributed by atoms with Crippen LogP contribution in [-0.4, -0.2) is 11.1 Å². The minimum atomic E-state index is -1.01. The van der Waals surface area contributed by atoms with E-state index in [9.17, 15) is 9.18 Å². The van der Waals surface area contributed by atoms with Crippen LogP contribution in [0.5, 0.6) is 0 Å². The average molecular weight is 262 g/mol. The molecule has 1 aromatic heterocycles. The van der Waals surface area contributed by atoms with E-state index >= 15 is 0 Å². The summed E-state index contributed by atoms with van der Waals surface area (Å²) in [4.78, 5) is 11.4. The van der Waals surface area contributed by atoms with Crippen molar-refractivity contribution in [1.82, 2.24) is 0 Å². The van der Waals surface area contributed by atoms with Gasteiger partial charge in [0.1, 0.15) is 5.82 Å². The highest BCUT2D eigenvalue weighted by atomic mass is 32.1. The summed E-state index contributed by atoms with van der Waals surface area (Å²) in [7, 11) is 0. The third-order valence-corrected chi connectivity index (χ3v) is 3.45. The van der Waals surface area contributed by atoms with E-state index in [-0.39, 0.29) is 5.82 Å². The van der Waals surface area contributed by atoms with E-state index in [0.717, 1.165) is 11.0 Å². The molecular formula is C14H11FO2S. The summed E-state index contributed by atoms with van der Waals surface area (Å²) in [6, 6.07) is 8.32. The fourth-order valence-corrected chi connectivity index (χ4v) is 2.40. The quantitative estimate of drug-likeness (QED) is 0.847. The Hall–Kier alpha value is -1.94.